The van der Waals surface area contributed by atoms with Crippen LogP contribution in [0.2, 0.25) is 0 Å². The van der Waals surface area contributed by atoms with Crippen LogP contribution in [0.15, 0.2) is 4.42 Å². The molecule has 0 atom stereocenters. The first kappa shape index (κ1) is 11.2. The van der Waals surface area contributed by atoms with Crippen LogP contribution in [-0.2, 0) is 10.8 Å². The molecule has 1 heterocycles. The van der Waals surface area contributed by atoms with E-state index in [1.807, 2.05) is 0 Å². The molecule has 1 aromatic heterocycles. The van der Waals surface area contributed by atoms with E-state index in [0.29, 0.717) is 5.89 Å². The Morgan fingerprint density at radius 2 is 1.50 bits per heavy atom. The minimum absolute atomic E-state index is 0.0174. The van der Waals surface area contributed by atoms with Crippen LogP contribution in [0.1, 0.15) is 59.7 Å². The van der Waals surface area contributed by atoms with Gasteiger partial charge in [-0.2, -0.15) is 0 Å². The maximum absolute atomic E-state index is 5.68. The van der Waals surface area contributed by atoms with Crippen molar-refractivity contribution >= 4 is 0 Å². The third-order valence-electron chi connectivity index (χ3n) is 2.53. The highest BCUT2D eigenvalue weighted by molar-refractivity contribution is 5.02. The van der Waals surface area contributed by atoms with E-state index in [9.17, 15) is 0 Å². The summed E-state index contributed by atoms with van der Waals surface area (Å²) in [5.41, 5.74) is -0.0778. The molecule has 0 aliphatic rings. The van der Waals surface area contributed by atoms with Crippen molar-refractivity contribution < 1.29 is 4.42 Å². The van der Waals surface area contributed by atoms with Gasteiger partial charge in [0.1, 0.15) is 0 Å². The second-order valence-corrected chi connectivity index (χ2v) is 5.40. The third kappa shape index (κ3) is 2.14. The van der Waals surface area contributed by atoms with E-state index < -0.39 is 0 Å². The van der Waals surface area contributed by atoms with Crippen LogP contribution in [-0.4, -0.2) is 10.2 Å². The first-order valence-corrected chi connectivity index (χ1v) is 5.12. The van der Waals surface area contributed by atoms with Crippen molar-refractivity contribution in [1.29, 1.82) is 0 Å². The molecule has 3 heteroatoms. The molecule has 0 radical (unpaired) electrons. The van der Waals surface area contributed by atoms with Crippen LogP contribution >= 0.6 is 0 Å². The zero-order valence-corrected chi connectivity index (χ0v) is 10.0. The van der Waals surface area contributed by atoms with Gasteiger partial charge in [-0.15, -0.1) is 10.2 Å². The molecular weight excluding hydrogens is 176 g/mol. The van der Waals surface area contributed by atoms with Crippen LogP contribution in [0.4, 0.5) is 0 Å². The highest BCUT2D eigenvalue weighted by atomic mass is 16.4. The molecular formula is C11H20N2O. The standard InChI is InChI=1S/C11H20N2O/c1-7-11(5,6)9-13-12-8(14-9)10(2,3)4/h7H2,1-6H3. The summed E-state index contributed by atoms with van der Waals surface area (Å²) in [4.78, 5) is 0. The molecule has 0 aliphatic carbocycles. The Bertz CT molecular complexity index is 307. The van der Waals surface area contributed by atoms with E-state index in [1.165, 1.54) is 0 Å². The van der Waals surface area contributed by atoms with Crippen molar-refractivity contribution in [3.05, 3.63) is 11.8 Å². The van der Waals surface area contributed by atoms with E-state index in [2.05, 4.69) is 51.7 Å². The van der Waals surface area contributed by atoms with Crippen LogP contribution in [0, 0.1) is 0 Å². The molecule has 0 bridgehead atoms. The molecule has 1 aromatic rings. The Balaban J connectivity index is 3.00. The van der Waals surface area contributed by atoms with E-state index in [1.54, 1.807) is 0 Å². The van der Waals surface area contributed by atoms with E-state index >= 15 is 0 Å². The van der Waals surface area contributed by atoms with Crippen LogP contribution in [0.5, 0.6) is 0 Å². The molecule has 0 fully saturated rings. The van der Waals surface area contributed by atoms with Gasteiger partial charge in [-0.25, -0.2) is 0 Å². The van der Waals surface area contributed by atoms with Crippen LogP contribution < -0.4 is 0 Å². The summed E-state index contributed by atoms with van der Waals surface area (Å²) in [6.45, 7) is 12.6. The summed E-state index contributed by atoms with van der Waals surface area (Å²) in [5, 5.41) is 8.19. The quantitative estimate of drug-likeness (QED) is 0.729. The lowest BCUT2D eigenvalue weighted by atomic mass is 9.90. The Morgan fingerprint density at radius 3 is 1.86 bits per heavy atom. The minimum atomic E-state index is -0.0604. The fourth-order valence-corrected chi connectivity index (χ4v) is 0.951. The van der Waals surface area contributed by atoms with Crippen molar-refractivity contribution in [2.24, 2.45) is 0 Å². The van der Waals surface area contributed by atoms with Crippen LogP contribution in [0.3, 0.4) is 0 Å². The lowest BCUT2D eigenvalue weighted by Gasteiger charge is -2.17. The predicted octanol–water partition coefficient (Wildman–Crippen LogP) is 3.05. The fourth-order valence-electron chi connectivity index (χ4n) is 0.951. The third-order valence-corrected chi connectivity index (χ3v) is 2.53. The first-order valence-electron chi connectivity index (χ1n) is 5.12. The lowest BCUT2D eigenvalue weighted by Crippen LogP contribution is -2.16. The SMILES string of the molecule is CCC(C)(C)c1nnc(C(C)(C)C)o1. The summed E-state index contributed by atoms with van der Waals surface area (Å²) in [5.74, 6) is 1.46. The number of hydrogen-bond donors (Lipinski definition) is 0. The van der Waals surface area contributed by atoms with E-state index in [-0.39, 0.29) is 10.8 Å². The number of rotatable bonds is 2. The van der Waals surface area contributed by atoms with Crippen molar-refractivity contribution in [3.63, 3.8) is 0 Å². The molecule has 1 rings (SSSR count). The smallest absolute Gasteiger partial charge is 0.222 e. The topological polar surface area (TPSA) is 38.9 Å². The zero-order valence-electron chi connectivity index (χ0n) is 10.0. The summed E-state index contributed by atoms with van der Waals surface area (Å²) in [6, 6.07) is 0. The molecule has 80 valence electrons. The van der Waals surface area contributed by atoms with Gasteiger partial charge in [0.2, 0.25) is 11.8 Å². The lowest BCUT2D eigenvalue weighted by molar-refractivity contribution is 0.314. The maximum atomic E-state index is 5.68. The molecule has 3 nitrogen and oxygen atoms in total. The van der Waals surface area contributed by atoms with Gasteiger partial charge in [-0.1, -0.05) is 41.5 Å². The monoisotopic (exact) mass is 196 g/mol. The van der Waals surface area contributed by atoms with Crippen molar-refractivity contribution in [1.82, 2.24) is 10.2 Å². The van der Waals surface area contributed by atoms with Gasteiger partial charge >= 0.3 is 0 Å². The van der Waals surface area contributed by atoms with Gasteiger partial charge in [0.05, 0.1) is 0 Å². The molecule has 0 N–H and O–H groups in total. The number of aromatic nitrogens is 2. The fraction of sp³-hybridized carbons (Fsp3) is 0.818. The van der Waals surface area contributed by atoms with Crippen molar-refractivity contribution in [2.75, 3.05) is 0 Å². The van der Waals surface area contributed by atoms with Gasteiger partial charge in [0.25, 0.3) is 0 Å². The van der Waals surface area contributed by atoms with E-state index in [4.69, 9.17) is 4.42 Å². The van der Waals surface area contributed by atoms with Gasteiger partial charge < -0.3 is 4.42 Å². The second kappa shape index (κ2) is 3.37. The number of hydrogen-bond acceptors (Lipinski definition) is 3. The largest absolute Gasteiger partial charge is 0.424 e. The average molecular weight is 196 g/mol. The van der Waals surface area contributed by atoms with Gasteiger partial charge in [-0.3, -0.25) is 0 Å². The summed E-state index contributed by atoms with van der Waals surface area (Å²) in [7, 11) is 0. The summed E-state index contributed by atoms with van der Waals surface area (Å²) in [6.07, 6.45) is 0.999. The Kier molecular flexibility index (Phi) is 2.70. The average Bonchev–Trinajstić information content (AvgIpc) is 2.51. The molecule has 0 unspecified atom stereocenters. The molecule has 0 saturated carbocycles. The van der Waals surface area contributed by atoms with Crippen molar-refractivity contribution in [2.45, 2.75) is 58.8 Å². The summed E-state index contributed by atoms with van der Waals surface area (Å²) < 4.78 is 5.68. The second-order valence-electron chi connectivity index (χ2n) is 5.40. The minimum Gasteiger partial charge on any atom is -0.424 e. The van der Waals surface area contributed by atoms with Crippen LogP contribution in [0.25, 0.3) is 0 Å². The highest BCUT2D eigenvalue weighted by Crippen LogP contribution is 2.28. The Hall–Kier alpha value is -0.860. The molecule has 14 heavy (non-hydrogen) atoms. The zero-order chi connectivity index (χ0) is 11.0. The molecule has 0 amide bonds. The van der Waals surface area contributed by atoms with Gasteiger partial charge in [-0.05, 0) is 6.42 Å². The molecule has 0 aromatic carbocycles. The maximum Gasteiger partial charge on any atom is 0.222 e. The molecule has 0 saturated heterocycles. The van der Waals surface area contributed by atoms with Gasteiger partial charge in [0, 0.05) is 10.8 Å². The Labute approximate surface area is 85.9 Å². The molecule has 0 aliphatic heterocycles. The first-order chi connectivity index (χ1) is 6.27. The summed E-state index contributed by atoms with van der Waals surface area (Å²) >= 11 is 0. The highest BCUT2D eigenvalue weighted by Gasteiger charge is 2.28. The molecule has 0 spiro atoms. The normalized spacial score (nSPS) is 13.3. The van der Waals surface area contributed by atoms with E-state index in [0.717, 1.165) is 12.3 Å². The van der Waals surface area contributed by atoms with Crippen molar-refractivity contribution in [3.8, 4) is 0 Å². The number of nitrogens with zero attached hydrogens (tertiary/aromatic N) is 2. The van der Waals surface area contributed by atoms with Gasteiger partial charge in [0.15, 0.2) is 0 Å². The Morgan fingerprint density at radius 1 is 1.00 bits per heavy atom. The predicted molar refractivity (Wildman–Crippen MR) is 56.3 cm³/mol.